The molecule has 1 fully saturated rings. The maximum Gasteiger partial charge on any atom is 0.409 e. The Bertz CT molecular complexity index is 1180. The predicted molar refractivity (Wildman–Crippen MR) is 139 cm³/mol. The molecule has 0 radical (unpaired) electrons. The summed E-state index contributed by atoms with van der Waals surface area (Å²) < 4.78 is 7.48. The first kappa shape index (κ1) is 23.2. The van der Waals surface area contributed by atoms with Crippen LogP contribution in [0, 0.1) is 0 Å². The average Bonchev–Trinajstić information content (AvgIpc) is 3.41. The molecule has 1 amide bonds. The number of carbonyl (C=O) groups is 1. The van der Waals surface area contributed by atoms with Crippen LogP contribution in [0.15, 0.2) is 48.9 Å². The molecule has 0 bridgehead atoms. The molecule has 2 aliphatic rings. The maximum atomic E-state index is 12.2. The first-order chi connectivity index (χ1) is 17.2. The monoisotopic (exact) mass is 474 g/mol. The lowest BCUT2D eigenvalue weighted by molar-refractivity contribution is 0.0989. The third-order valence-electron chi connectivity index (χ3n) is 6.80. The Balaban J connectivity index is 1.22. The number of ether oxygens (including phenoxy) is 1. The molecule has 1 N–H and O–H groups in total. The summed E-state index contributed by atoms with van der Waals surface area (Å²) in [5.74, 6) is 0.748. The van der Waals surface area contributed by atoms with Crippen molar-refractivity contribution >= 4 is 34.5 Å². The number of nitrogens with one attached hydrogen (secondary N) is 1. The fraction of sp³-hybridized carbons (Fsp3) is 0.444. The third kappa shape index (κ3) is 5.26. The second-order valence-corrected chi connectivity index (χ2v) is 9.20. The van der Waals surface area contributed by atoms with E-state index in [4.69, 9.17) is 9.72 Å². The summed E-state index contributed by atoms with van der Waals surface area (Å²) in [6.07, 6.45) is 14.6. The van der Waals surface area contributed by atoms with Gasteiger partial charge >= 0.3 is 6.09 Å². The molecule has 8 heteroatoms. The number of hydrogen-bond acceptors (Lipinski definition) is 6. The number of amides is 1. The van der Waals surface area contributed by atoms with Gasteiger partial charge in [0.05, 0.1) is 18.5 Å². The zero-order chi connectivity index (χ0) is 24.0. The van der Waals surface area contributed by atoms with Crippen LogP contribution in [0.4, 0.5) is 22.0 Å². The van der Waals surface area contributed by atoms with Crippen molar-refractivity contribution in [3.05, 3.63) is 54.6 Å². The van der Waals surface area contributed by atoms with Gasteiger partial charge in [0, 0.05) is 49.9 Å². The van der Waals surface area contributed by atoms with Gasteiger partial charge in [-0.25, -0.2) is 14.8 Å². The van der Waals surface area contributed by atoms with E-state index < -0.39 is 0 Å². The molecule has 0 spiro atoms. The molecule has 5 rings (SSSR count). The van der Waals surface area contributed by atoms with Crippen molar-refractivity contribution in [1.82, 2.24) is 19.3 Å². The summed E-state index contributed by atoms with van der Waals surface area (Å²) >= 11 is 0. The van der Waals surface area contributed by atoms with Gasteiger partial charge in [0.25, 0.3) is 0 Å². The first-order valence-corrected chi connectivity index (χ1v) is 12.8. The zero-order valence-corrected chi connectivity index (χ0v) is 20.4. The fourth-order valence-corrected chi connectivity index (χ4v) is 4.75. The highest BCUT2D eigenvalue weighted by Crippen LogP contribution is 2.29. The Kier molecular flexibility index (Phi) is 7.16. The number of benzene rings is 1. The normalized spacial score (nSPS) is 16.3. The SMILES string of the molecule is CCCCOC(=O)N1CCN(c2ccc(Nc3ncc(C4=CCCCC4)n4ccnc34)cc2)CC1. The summed E-state index contributed by atoms with van der Waals surface area (Å²) in [4.78, 5) is 25.6. The predicted octanol–water partition coefficient (Wildman–Crippen LogP) is 5.49. The van der Waals surface area contributed by atoms with Crippen LogP contribution in [0.25, 0.3) is 11.2 Å². The second-order valence-electron chi connectivity index (χ2n) is 9.20. The molecule has 3 aromatic rings. The Labute approximate surface area is 206 Å². The molecule has 1 aliphatic heterocycles. The highest BCUT2D eigenvalue weighted by molar-refractivity contribution is 5.74. The van der Waals surface area contributed by atoms with Gasteiger partial charge in [-0.2, -0.15) is 0 Å². The van der Waals surface area contributed by atoms with Gasteiger partial charge in [-0.3, -0.25) is 4.40 Å². The standard InChI is InChI=1S/C27H34N6O2/c1-2-3-19-35-27(34)32-17-15-31(16-18-32)23-11-9-22(10-12-23)30-25-26-28-13-14-33(26)24(20-29-25)21-7-5-4-6-8-21/h7,9-14,20H,2-6,8,15-19H2,1H3,(H,29,30). The Morgan fingerprint density at radius 2 is 1.91 bits per heavy atom. The maximum absolute atomic E-state index is 12.2. The molecular formula is C27H34N6O2. The van der Waals surface area contributed by atoms with Crippen LogP contribution < -0.4 is 10.2 Å². The van der Waals surface area contributed by atoms with Gasteiger partial charge in [0.15, 0.2) is 11.5 Å². The lowest BCUT2D eigenvalue weighted by atomic mass is 9.97. The topological polar surface area (TPSA) is 75.0 Å². The summed E-state index contributed by atoms with van der Waals surface area (Å²) in [6.45, 7) is 5.54. The quantitative estimate of drug-likeness (QED) is 0.457. The molecule has 3 heterocycles. The number of allylic oxidation sites excluding steroid dienone is 2. The zero-order valence-electron chi connectivity index (χ0n) is 20.4. The number of anilines is 3. The van der Waals surface area contributed by atoms with E-state index in [0.717, 1.165) is 67.3 Å². The van der Waals surface area contributed by atoms with Gasteiger partial charge in [-0.1, -0.05) is 19.4 Å². The summed E-state index contributed by atoms with van der Waals surface area (Å²) in [5, 5.41) is 3.44. The van der Waals surface area contributed by atoms with Crippen LogP contribution in [0.5, 0.6) is 0 Å². The summed E-state index contributed by atoms with van der Waals surface area (Å²) in [5.41, 5.74) is 5.44. The minimum absolute atomic E-state index is 0.193. The second kappa shape index (κ2) is 10.8. The van der Waals surface area contributed by atoms with E-state index in [9.17, 15) is 4.79 Å². The van der Waals surface area contributed by atoms with Crippen LogP contribution in [0.1, 0.15) is 51.1 Å². The molecule has 0 saturated carbocycles. The molecule has 0 unspecified atom stereocenters. The molecule has 1 aliphatic carbocycles. The number of unbranched alkanes of at least 4 members (excludes halogenated alkanes) is 1. The summed E-state index contributed by atoms with van der Waals surface area (Å²) in [6, 6.07) is 8.36. The van der Waals surface area contributed by atoms with E-state index in [1.165, 1.54) is 18.4 Å². The molecule has 8 nitrogen and oxygen atoms in total. The smallest absolute Gasteiger partial charge is 0.409 e. The number of aromatic nitrogens is 3. The fourth-order valence-electron chi connectivity index (χ4n) is 4.75. The van der Waals surface area contributed by atoms with Gasteiger partial charge < -0.3 is 19.9 Å². The molecular weight excluding hydrogens is 440 g/mol. The van der Waals surface area contributed by atoms with Gasteiger partial charge in [0.2, 0.25) is 0 Å². The number of carbonyl (C=O) groups excluding carboxylic acids is 1. The van der Waals surface area contributed by atoms with Crippen LogP contribution >= 0.6 is 0 Å². The number of nitrogens with zero attached hydrogens (tertiary/aromatic N) is 5. The first-order valence-electron chi connectivity index (χ1n) is 12.8. The highest BCUT2D eigenvalue weighted by Gasteiger charge is 2.22. The van der Waals surface area contributed by atoms with E-state index in [1.807, 2.05) is 18.6 Å². The molecule has 1 saturated heterocycles. The number of fused-ring (bicyclic) bond motifs is 1. The average molecular weight is 475 g/mol. The van der Waals surface area contributed by atoms with E-state index in [0.29, 0.717) is 19.7 Å². The molecule has 2 aromatic heterocycles. The van der Waals surface area contributed by atoms with Crippen LogP contribution in [-0.2, 0) is 4.74 Å². The van der Waals surface area contributed by atoms with Crippen LogP contribution in [0.3, 0.4) is 0 Å². The minimum Gasteiger partial charge on any atom is -0.449 e. The molecule has 184 valence electrons. The van der Waals surface area contributed by atoms with Crippen molar-refractivity contribution in [2.45, 2.75) is 45.4 Å². The highest BCUT2D eigenvalue weighted by atomic mass is 16.6. The lowest BCUT2D eigenvalue weighted by Gasteiger charge is -2.35. The van der Waals surface area contributed by atoms with Crippen molar-refractivity contribution < 1.29 is 9.53 Å². The van der Waals surface area contributed by atoms with E-state index in [1.54, 1.807) is 4.90 Å². The largest absolute Gasteiger partial charge is 0.449 e. The van der Waals surface area contributed by atoms with E-state index in [-0.39, 0.29) is 6.09 Å². The van der Waals surface area contributed by atoms with Crippen LogP contribution in [0.2, 0.25) is 0 Å². The van der Waals surface area contributed by atoms with E-state index >= 15 is 0 Å². The Morgan fingerprint density at radius 3 is 2.66 bits per heavy atom. The van der Waals surface area contributed by atoms with Crippen LogP contribution in [-0.4, -0.2) is 58.1 Å². The number of rotatable bonds is 7. The molecule has 1 aromatic carbocycles. The number of piperazine rings is 1. The van der Waals surface area contributed by atoms with Gasteiger partial charge in [0.1, 0.15) is 0 Å². The van der Waals surface area contributed by atoms with Crippen molar-refractivity contribution in [1.29, 1.82) is 0 Å². The van der Waals surface area contributed by atoms with Gasteiger partial charge in [-0.15, -0.1) is 0 Å². The minimum atomic E-state index is -0.193. The molecule has 35 heavy (non-hydrogen) atoms. The van der Waals surface area contributed by atoms with Crippen molar-refractivity contribution in [3.8, 4) is 0 Å². The number of imidazole rings is 1. The number of hydrogen-bond donors (Lipinski definition) is 1. The third-order valence-corrected chi connectivity index (χ3v) is 6.80. The van der Waals surface area contributed by atoms with Gasteiger partial charge in [-0.05, 0) is 61.9 Å². The van der Waals surface area contributed by atoms with Crippen molar-refractivity contribution in [3.63, 3.8) is 0 Å². The Morgan fingerprint density at radius 1 is 1.09 bits per heavy atom. The molecule has 0 atom stereocenters. The lowest BCUT2D eigenvalue weighted by Crippen LogP contribution is -2.49. The van der Waals surface area contributed by atoms with Crippen molar-refractivity contribution in [2.75, 3.05) is 43.0 Å². The van der Waals surface area contributed by atoms with E-state index in [2.05, 4.69) is 56.9 Å². The Hall–Kier alpha value is -3.55. The summed E-state index contributed by atoms with van der Waals surface area (Å²) in [7, 11) is 0. The van der Waals surface area contributed by atoms with Crippen molar-refractivity contribution in [2.24, 2.45) is 0 Å².